The molecule has 3 aromatic rings. The Morgan fingerprint density at radius 3 is 2.68 bits per heavy atom. The summed E-state index contributed by atoms with van der Waals surface area (Å²) in [5, 5.41) is 16.2. The van der Waals surface area contributed by atoms with Gasteiger partial charge in [-0.2, -0.15) is 16.1 Å². The summed E-state index contributed by atoms with van der Waals surface area (Å²) in [7, 11) is 0. The molecule has 0 unspecified atom stereocenters. The van der Waals surface area contributed by atoms with Gasteiger partial charge in [-0.25, -0.2) is 9.97 Å². The molecule has 3 aromatic heterocycles. The van der Waals surface area contributed by atoms with Gasteiger partial charge in [0.05, 0.1) is 0 Å². The Bertz CT molecular complexity index is 826. The van der Waals surface area contributed by atoms with E-state index >= 15 is 0 Å². The van der Waals surface area contributed by atoms with E-state index in [1.807, 2.05) is 21.7 Å². The molecule has 0 spiro atoms. The first kappa shape index (κ1) is 15.6. The highest BCUT2D eigenvalue weighted by atomic mass is 32.1. The number of nitrogens with zero attached hydrogens (tertiary/aromatic N) is 8. The minimum absolute atomic E-state index is 0.0112. The first-order valence-corrected chi connectivity index (χ1v) is 8.84. The van der Waals surface area contributed by atoms with Crippen molar-refractivity contribution in [3.8, 4) is 11.4 Å². The highest BCUT2D eigenvalue weighted by Crippen LogP contribution is 2.16. The first-order valence-electron chi connectivity index (χ1n) is 7.90. The number of hydrogen-bond acceptors (Lipinski definition) is 8. The van der Waals surface area contributed by atoms with E-state index in [9.17, 15) is 4.79 Å². The van der Waals surface area contributed by atoms with Gasteiger partial charge in [0.15, 0.2) is 0 Å². The lowest BCUT2D eigenvalue weighted by Gasteiger charge is -2.34. The third kappa shape index (κ3) is 3.48. The number of hydrogen-bond donors (Lipinski definition) is 0. The fraction of sp³-hybridized carbons (Fsp3) is 0.333. The number of tetrazole rings is 1. The maximum Gasteiger partial charge on any atom is 0.246 e. The van der Waals surface area contributed by atoms with E-state index in [0.29, 0.717) is 38.0 Å². The molecular weight excluding hydrogens is 340 g/mol. The summed E-state index contributed by atoms with van der Waals surface area (Å²) >= 11 is 1.57. The van der Waals surface area contributed by atoms with Gasteiger partial charge >= 0.3 is 0 Å². The van der Waals surface area contributed by atoms with Crippen molar-refractivity contribution in [2.75, 3.05) is 31.1 Å². The van der Waals surface area contributed by atoms with E-state index in [1.54, 1.807) is 29.8 Å². The molecule has 0 aromatic carbocycles. The van der Waals surface area contributed by atoms with Gasteiger partial charge in [0.25, 0.3) is 0 Å². The smallest absolute Gasteiger partial charge is 0.246 e. The summed E-state index contributed by atoms with van der Waals surface area (Å²) in [6.07, 6.45) is 3.45. The normalized spacial score (nSPS) is 14.7. The van der Waals surface area contributed by atoms with Crippen LogP contribution >= 0.6 is 11.3 Å². The Morgan fingerprint density at radius 1 is 1.16 bits per heavy atom. The predicted octanol–water partition coefficient (Wildman–Crippen LogP) is 0.540. The predicted molar refractivity (Wildman–Crippen MR) is 92.0 cm³/mol. The van der Waals surface area contributed by atoms with Gasteiger partial charge in [-0.05, 0) is 22.7 Å². The molecule has 4 rings (SSSR count). The van der Waals surface area contributed by atoms with E-state index in [2.05, 4.69) is 30.3 Å². The molecule has 128 valence electrons. The Balaban J connectivity index is 1.34. The van der Waals surface area contributed by atoms with Gasteiger partial charge in [-0.3, -0.25) is 4.79 Å². The Hall–Kier alpha value is -2.88. The highest BCUT2D eigenvalue weighted by Gasteiger charge is 2.23. The Kier molecular flexibility index (Phi) is 4.34. The van der Waals surface area contributed by atoms with Crippen molar-refractivity contribution in [1.82, 2.24) is 35.1 Å². The van der Waals surface area contributed by atoms with Crippen LogP contribution in [0.2, 0.25) is 0 Å². The molecule has 0 bridgehead atoms. The minimum atomic E-state index is -0.0112. The Morgan fingerprint density at radius 2 is 1.96 bits per heavy atom. The number of carbonyl (C=O) groups excluding carboxylic acids is 1. The van der Waals surface area contributed by atoms with Crippen LogP contribution in [-0.2, 0) is 11.3 Å². The number of rotatable bonds is 4. The average molecular weight is 356 g/mol. The van der Waals surface area contributed by atoms with Crippen LogP contribution < -0.4 is 4.90 Å². The lowest BCUT2D eigenvalue weighted by Crippen LogP contribution is -2.50. The van der Waals surface area contributed by atoms with Crippen LogP contribution in [0.1, 0.15) is 0 Å². The van der Waals surface area contributed by atoms with Crippen molar-refractivity contribution in [3.63, 3.8) is 0 Å². The molecule has 4 heterocycles. The number of piperazine rings is 1. The van der Waals surface area contributed by atoms with E-state index in [0.717, 1.165) is 5.56 Å². The zero-order valence-electron chi connectivity index (χ0n) is 13.4. The van der Waals surface area contributed by atoms with Crippen molar-refractivity contribution in [2.45, 2.75) is 6.54 Å². The van der Waals surface area contributed by atoms with Crippen molar-refractivity contribution in [3.05, 3.63) is 35.3 Å². The van der Waals surface area contributed by atoms with Gasteiger partial charge < -0.3 is 9.80 Å². The number of amides is 1. The highest BCUT2D eigenvalue weighted by molar-refractivity contribution is 7.08. The third-order valence-electron chi connectivity index (χ3n) is 3.98. The SMILES string of the molecule is O=C(Cn1nnc(-c2ccsc2)n1)N1CCN(c2ncccn2)CC1. The van der Waals surface area contributed by atoms with Gasteiger partial charge in [-0.15, -0.1) is 10.2 Å². The minimum Gasteiger partial charge on any atom is -0.337 e. The van der Waals surface area contributed by atoms with Crippen molar-refractivity contribution in [1.29, 1.82) is 0 Å². The summed E-state index contributed by atoms with van der Waals surface area (Å²) in [5.74, 6) is 1.23. The Labute approximate surface area is 147 Å². The third-order valence-corrected chi connectivity index (χ3v) is 4.66. The van der Waals surface area contributed by atoms with Crippen molar-refractivity contribution in [2.24, 2.45) is 0 Å². The van der Waals surface area contributed by atoms with Gasteiger partial charge in [0, 0.05) is 49.5 Å². The van der Waals surface area contributed by atoms with Crippen LogP contribution in [0.5, 0.6) is 0 Å². The number of aromatic nitrogens is 6. The molecule has 10 heteroatoms. The molecule has 1 amide bonds. The van der Waals surface area contributed by atoms with Crippen LogP contribution in [0.15, 0.2) is 35.3 Å². The molecule has 0 saturated carbocycles. The van der Waals surface area contributed by atoms with Gasteiger partial charge in [-0.1, -0.05) is 0 Å². The maximum absolute atomic E-state index is 12.5. The standard InChI is InChI=1S/C15H16N8OS/c24-13(10-23-19-14(18-20-23)12-2-9-25-11-12)21-5-7-22(8-6-21)15-16-3-1-4-17-15/h1-4,9,11H,5-8,10H2. The molecule has 25 heavy (non-hydrogen) atoms. The lowest BCUT2D eigenvalue weighted by molar-refractivity contribution is -0.132. The number of thiophene rings is 1. The van der Waals surface area contributed by atoms with E-state index in [4.69, 9.17) is 0 Å². The molecule has 1 aliphatic heterocycles. The molecule has 0 atom stereocenters. The second-order valence-corrected chi connectivity index (χ2v) is 6.35. The van der Waals surface area contributed by atoms with E-state index in [-0.39, 0.29) is 12.5 Å². The fourth-order valence-electron chi connectivity index (χ4n) is 2.65. The molecule has 1 aliphatic rings. The summed E-state index contributed by atoms with van der Waals surface area (Å²) < 4.78 is 0. The number of carbonyl (C=O) groups is 1. The molecule has 9 nitrogen and oxygen atoms in total. The largest absolute Gasteiger partial charge is 0.337 e. The zero-order valence-corrected chi connectivity index (χ0v) is 14.2. The monoisotopic (exact) mass is 356 g/mol. The number of anilines is 1. The summed E-state index contributed by atoms with van der Waals surface area (Å²) in [5.41, 5.74) is 0.917. The summed E-state index contributed by atoms with van der Waals surface area (Å²) in [6.45, 7) is 2.77. The lowest BCUT2D eigenvalue weighted by atomic mass is 10.3. The second kappa shape index (κ2) is 6.93. The fourth-order valence-corrected chi connectivity index (χ4v) is 3.28. The molecule has 0 aliphatic carbocycles. The first-order chi connectivity index (χ1) is 12.3. The quantitative estimate of drug-likeness (QED) is 0.673. The molecule has 0 radical (unpaired) electrons. The van der Waals surface area contributed by atoms with Gasteiger partial charge in [0.1, 0.15) is 6.54 Å². The van der Waals surface area contributed by atoms with E-state index < -0.39 is 0 Å². The molecule has 0 N–H and O–H groups in total. The van der Waals surface area contributed by atoms with Crippen molar-refractivity contribution < 1.29 is 4.79 Å². The van der Waals surface area contributed by atoms with Crippen molar-refractivity contribution >= 4 is 23.2 Å². The summed E-state index contributed by atoms with van der Waals surface area (Å²) in [4.78, 5) is 26.2. The van der Waals surface area contributed by atoms with Crippen LogP contribution in [0.4, 0.5) is 5.95 Å². The van der Waals surface area contributed by atoms with Gasteiger partial charge in [0.2, 0.25) is 17.7 Å². The topological polar surface area (TPSA) is 92.9 Å². The molecular formula is C15H16N8OS. The maximum atomic E-state index is 12.5. The van der Waals surface area contributed by atoms with Crippen LogP contribution in [-0.4, -0.2) is 67.2 Å². The average Bonchev–Trinajstić information content (AvgIpc) is 3.34. The van der Waals surface area contributed by atoms with E-state index in [1.165, 1.54) is 4.80 Å². The van der Waals surface area contributed by atoms with Crippen LogP contribution in [0, 0.1) is 0 Å². The molecule has 1 saturated heterocycles. The van der Waals surface area contributed by atoms with Crippen LogP contribution in [0.25, 0.3) is 11.4 Å². The summed E-state index contributed by atoms with van der Waals surface area (Å²) in [6, 6.07) is 3.72. The van der Waals surface area contributed by atoms with Crippen LogP contribution in [0.3, 0.4) is 0 Å². The molecule has 1 fully saturated rings. The second-order valence-electron chi connectivity index (χ2n) is 5.57. The zero-order chi connectivity index (χ0) is 17.1.